The summed E-state index contributed by atoms with van der Waals surface area (Å²) in [6.45, 7) is 5.83. The Morgan fingerprint density at radius 3 is 2.40 bits per heavy atom. The van der Waals surface area contributed by atoms with E-state index < -0.39 is 0 Å². The van der Waals surface area contributed by atoms with Crippen LogP contribution in [0.3, 0.4) is 0 Å². The minimum absolute atomic E-state index is 0.00446. The number of nitrogens with one attached hydrogen (secondary N) is 1. The van der Waals surface area contributed by atoms with E-state index in [4.69, 9.17) is 4.42 Å². The van der Waals surface area contributed by atoms with Crippen molar-refractivity contribution in [1.29, 1.82) is 0 Å². The first-order valence-corrected chi connectivity index (χ1v) is 9.06. The lowest BCUT2D eigenvalue weighted by molar-refractivity contribution is -0.115. The third kappa shape index (κ3) is 4.79. The Labute approximate surface area is 156 Å². The highest BCUT2D eigenvalue weighted by molar-refractivity contribution is 9.10. The van der Waals surface area contributed by atoms with Gasteiger partial charge in [-0.3, -0.25) is 4.79 Å². The Kier molecular flexibility index (Phi) is 6.95. The highest BCUT2D eigenvalue weighted by Gasteiger charge is 2.09. The van der Waals surface area contributed by atoms with Crippen molar-refractivity contribution in [2.24, 2.45) is 0 Å². The van der Waals surface area contributed by atoms with Crippen LogP contribution in [-0.4, -0.2) is 10.9 Å². The molecule has 0 saturated heterocycles. The lowest BCUT2D eigenvalue weighted by Gasteiger charge is -2.09. The minimum Gasteiger partial charge on any atom is -0.445 e. The van der Waals surface area contributed by atoms with Gasteiger partial charge in [-0.25, -0.2) is 4.98 Å². The number of carbonyl (C=O) groups is 1. The van der Waals surface area contributed by atoms with Gasteiger partial charge in [-0.1, -0.05) is 48.8 Å². The number of amides is 1. The lowest BCUT2D eigenvalue weighted by Crippen LogP contribution is -2.08. The van der Waals surface area contributed by atoms with Crippen LogP contribution in [0, 0.1) is 0 Å². The molecule has 3 aromatic rings. The summed E-state index contributed by atoms with van der Waals surface area (Å²) in [4.78, 5) is 15.6. The van der Waals surface area contributed by atoms with Crippen molar-refractivity contribution in [3.05, 3.63) is 59.4 Å². The van der Waals surface area contributed by atoms with Gasteiger partial charge in [0.25, 0.3) is 0 Å². The number of anilines is 1. The van der Waals surface area contributed by atoms with Crippen molar-refractivity contribution in [3.8, 4) is 22.6 Å². The summed E-state index contributed by atoms with van der Waals surface area (Å²) in [5.74, 6) is 0.593. The molecule has 25 heavy (non-hydrogen) atoms. The number of aromatic nitrogens is 1. The Morgan fingerprint density at radius 2 is 1.80 bits per heavy atom. The van der Waals surface area contributed by atoms with Crippen LogP contribution in [0.15, 0.2) is 63.8 Å². The smallest absolute Gasteiger partial charge is 0.225 e. The topological polar surface area (TPSA) is 55.1 Å². The van der Waals surface area contributed by atoms with Crippen LogP contribution in [0.2, 0.25) is 0 Å². The zero-order chi connectivity index (χ0) is 18.2. The maximum atomic E-state index is 11.4. The molecule has 0 fully saturated rings. The van der Waals surface area contributed by atoms with Gasteiger partial charge in [0.15, 0.2) is 0 Å². The maximum Gasteiger partial charge on any atom is 0.225 e. The predicted octanol–water partition coefficient (Wildman–Crippen LogP) is 6.15. The molecule has 4 nitrogen and oxygen atoms in total. The quantitative estimate of drug-likeness (QED) is 0.571. The van der Waals surface area contributed by atoms with E-state index in [0.717, 1.165) is 26.9 Å². The SMILES string of the molecule is CC.CCC(=O)Nc1ccc(-c2cc(-c3ncco3)ccc2Br)cc1. The third-order valence-corrected chi connectivity index (χ3v) is 4.14. The molecule has 130 valence electrons. The second kappa shape index (κ2) is 9.18. The summed E-state index contributed by atoms with van der Waals surface area (Å²) < 4.78 is 6.34. The van der Waals surface area contributed by atoms with Gasteiger partial charge in [-0.05, 0) is 41.5 Å². The number of halogens is 1. The van der Waals surface area contributed by atoms with Gasteiger partial charge in [-0.2, -0.15) is 0 Å². The molecule has 1 amide bonds. The summed E-state index contributed by atoms with van der Waals surface area (Å²) in [6, 6.07) is 13.7. The zero-order valence-electron chi connectivity index (χ0n) is 14.5. The Balaban J connectivity index is 0.00000109. The fourth-order valence-electron chi connectivity index (χ4n) is 2.23. The lowest BCUT2D eigenvalue weighted by atomic mass is 10.0. The van der Waals surface area contributed by atoms with E-state index in [-0.39, 0.29) is 5.91 Å². The van der Waals surface area contributed by atoms with Crippen LogP contribution in [0.4, 0.5) is 5.69 Å². The second-order valence-electron chi connectivity index (χ2n) is 5.01. The number of benzene rings is 2. The van der Waals surface area contributed by atoms with Crippen LogP contribution < -0.4 is 5.32 Å². The first kappa shape index (κ1) is 18.9. The number of carbonyl (C=O) groups excluding carboxylic acids is 1. The highest BCUT2D eigenvalue weighted by Crippen LogP contribution is 2.33. The molecule has 5 heteroatoms. The van der Waals surface area contributed by atoms with Gasteiger partial charge in [-0.15, -0.1) is 0 Å². The number of hydrogen-bond donors (Lipinski definition) is 1. The standard InChI is InChI=1S/C18H15BrN2O2.C2H6/c1-2-17(22)21-14-6-3-12(4-7-14)15-11-13(5-8-16(15)19)18-20-9-10-23-18;1-2/h3-11H,2H2,1H3,(H,21,22);1-2H3. The molecule has 2 aromatic carbocycles. The first-order valence-electron chi connectivity index (χ1n) is 8.27. The molecule has 1 aromatic heterocycles. The number of rotatable bonds is 4. The highest BCUT2D eigenvalue weighted by atomic mass is 79.9. The molecule has 0 unspecified atom stereocenters. The molecule has 0 spiro atoms. The van der Waals surface area contributed by atoms with Crippen molar-refractivity contribution < 1.29 is 9.21 Å². The van der Waals surface area contributed by atoms with Gasteiger partial charge in [0.2, 0.25) is 11.8 Å². The van der Waals surface area contributed by atoms with E-state index >= 15 is 0 Å². The van der Waals surface area contributed by atoms with E-state index in [0.29, 0.717) is 12.3 Å². The largest absolute Gasteiger partial charge is 0.445 e. The van der Waals surface area contributed by atoms with E-state index in [1.165, 1.54) is 0 Å². The van der Waals surface area contributed by atoms with Crippen molar-refractivity contribution in [2.45, 2.75) is 27.2 Å². The number of oxazole rings is 1. The molecule has 0 atom stereocenters. The molecule has 0 saturated carbocycles. The molecule has 0 aliphatic heterocycles. The van der Waals surface area contributed by atoms with Crippen molar-refractivity contribution in [1.82, 2.24) is 4.98 Å². The normalized spacial score (nSPS) is 9.92. The molecular formula is C20H21BrN2O2. The minimum atomic E-state index is 0.00446. The van der Waals surface area contributed by atoms with Crippen molar-refractivity contribution in [2.75, 3.05) is 5.32 Å². The van der Waals surface area contributed by atoms with Gasteiger partial charge in [0.05, 0.1) is 6.20 Å². The summed E-state index contributed by atoms with van der Waals surface area (Å²) in [5.41, 5.74) is 3.78. The van der Waals surface area contributed by atoms with E-state index in [1.807, 2.05) is 63.2 Å². The van der Waals surface area contributed by atoms with Gasteiger partial charge in [0, 0.05) is 22.1 Å². The fraction of sp³-hybridized carbons (Fsp3) is 0.200. The molecule has 0 bridgehead atoms. The summed E-state index contributed by atoms with van der Waals surface area (Å²) in [6.07, 6.45) is 3.65. The van der Waals surface area contributed by atoms with E-state index in [1.54, 1.807) is 12.5 Å². The average Bonchev–Trinajstić information content (AvgIpc) is 3.19. The van der Waals surface area contributed by atoms with Crippen LogP contribution >= 0.6 is 15.9 Å². The molecule has 1 heterocycles. The van der Waals surface area contributed by atoms with Gasteiger partial charge < -0.3 is 9.73 Å². The van der Waals surface area contributed by atoms with Crippen LogP contribution in [-0.2, 0) is 4.79 Å². The van der Waals surface area contributed by atoms with Gasteiger partial charge >= 0.3 is 0 Å². The molecule has 0 aliphatic rings. The molecule has 3 rings (SSSR count). The van der Waals surface area contributed by atoms with E-state index in [2.05, 4.69) is 26.2 Å². The van der Waals surface area contributed by atoms with Crippen molar-refractivity contribution >= 4 is 27.5 Å². The second-order valence-corrected chi connectivity index (χ2v) is 5.87. The number of hydrogen-bond acceptors (Lipinski definition) is 3. The summed E-state index contributed by atoms with van der Waals surface area (Å²) in [7, 11) is 0. The van der Waals surface area contributed by atoms with Crippen LogP contribution in [0.1, 0.15) is 27.2 Å². The number of nitrogens with zero attached hydrogens (tertiary/aromatic N) is 1. The molecule has 1 N–H and O–H groups in total. The third-order valence-electron chi connectivity index (χ3n) is 3.45. The zero-order valence-corrected chi connectivity index (χ0v) is 16.1. The van der Waals surface area contributed by atoms with Crippen molar-refractivity contribution in [3.63, 3.8) is 0 Å². The van der Waals surface area contributed by atoms with Gasteiger partial charge in [0.1, 0.15) is 6.26 Å². The monoisotopic (exact) mass is 400 g/mol. The maximum absolute atomic E-state index is 11.4. The Hall–Kier alpha value is -2.40. The van der Waals surface area contributed by atoms with E-state index in [9.17, 15) is 4.79 Å². The average molecular weight is 401 g/mol. The summed E-state index contributed by atoms with van der Waals surface area (Å²) >= 11 is 3.58. The molecule has 0 aliphatic carbocycles. The fourth-order valence-corrected chi connectivity index (χ4v) is 2.70. The predicted molar refractivity (Wildman–Crippen MR) is 105 cm³/mol. The Morgan fingerprint density at radius 1 is 1.12 bits per heavy atom. The summed E-state index contributed by atoms with van der Waals surface area (Å²) in [5, 5.41) is 2.84. The molecule has 0 radical (unpaired) electrons. The first-order chi connectivity index (χ1) is 12.2. The van der Waals surface area contributed by atoms with Crippen LogP contribution in [0.25, 0.3) is 22.6 Å². The van der Waals surface area contributed by atoms with Crippen LogP contribution in [0.5, 0.6) is 0 Å². The Bertz CT molecular complexity index is 812. The molecular weight excluding hydrogens is 380 g/mol.